The van der Waals surface area contributed by atoms with Gasteiger partial charge in [-0.2, -0.15) is 39.5 Å². The Morgan fingerprint density at radius 1 is 0.885 bits per heavy atom. The van der Waals surface area contributed by atoms with E-state index in [1.807, 2.05) is 24.3 Å². The quantitative estimate of drug-likeness (QED) is 0.410. The van der Waals surface area contributed by atoms with E-state index in [0.717, 1.165) is 10.6 Å². The van der Waals surface area contributed by atoms with Gasteiger partial charge >= 0.3 is 23.3 Å². The maximum absolute atomic E-state index is 12.2. The molecule has 1 aromatic carbocycles. The first kappa shape index (κ1) is 24.7. The van der Waals surface area contributed by atoms with Gasteiger partial charge in [0.2, 0.25) is 0 Å². The van der Waals surface area contributed by atoms with Gasteiger partial charge in [0.05, 0.1) is 7.11 Å². The summed E-state index contributed by atoms with van der Waals surface area (Å²) < 4.78 is 140. The monoisotopic (exact) mass is 440 g/mol. The Labute approximate surface area is 146 Å². The summed E-state index contributed by atoms with van der Waals surface area (Å²) in [6, 6.07) is 7.69. The average molecular weight is 440 g/mol. The first-order valence-corrected chi connectivity index (χ1v) is 7.75. The van der Waals surface area contributed by atoms with E-state index in [0.29, 0.717) is 0 Å². The number of methoxy groups -OCH3 is 1. The Bertz CT molecular complexity index is 699. The molecule has 1 aromatic rings. The molecule has 0 saturated carbocycles. The predicted octanol–water partition coefficient (Wildman–Crippen LogP) is 3.02. The number of hydrogen-bond acceptors (Lipinski definition) is 4. The van der Waals surface area contributed by atoms with E-state index < -0.39 is 33.4 Å². The van der Waals surface area contributed by atoms with Crippen molar-refractivity contribution < 1.29 is 57.2 Å². The molecule has 0 fully saturated rings. The third-order valence-corrected chi connectivity index (χ3v) is 3.74. The van der Waals surface area contributed by atoms with Gasteiger partial charge in [-0.05, 0) is 36.9 Å². The van der Waals surface area contributed by atoms with Crippen molar-refractivity contribution in [3.63, 3.8) is 0 Å². The topological polar surface area (TPSA) is 66.4 Å². The highest BCUT2D eigenvalue weighted by molar-refractivity contribution is 7.86. The minimum atomic E-state index is -7.43. The highest BCUT2D eigenvalue weighted by atomic mass is 32.2. The van der Waals surface area contributed by atoms with Crippen LogP contribution in [0.3, 0.4) is 0 Å². The van der Waals surface area contributed by atoms with Gasteiger partial charge in [0.25, 0.3) is 0 Å². The van der Waals surface area contributed by atoms with Gasteiger partial charge in [0, 0.05) is 0 Å². The van der Waals surface area contributed by atoms with Crippen LogP contribution in [-0.4, -0.2) is 43.4 Å². The summed E-state index contributed by atoms with van der Waals surface area (Å²) in [6.07, 6.45) is -7.16. The van der Waals surface area contributed by atoms with E-state index in [-0.39, 0.29) is 0 Å². The largest absolute Gasteiger partial charge is 0.743 e. The van der Waals surface area contributed by atoms with E-state index in [1.165, 1.54) is 0 Å². The molecule has 0 saturated heterocycles. The molecule has 0 aliphatic heterocycles. The molecule has 0 heterocycles. The first-order valence-electron chi connectivity index (χ1n) is 5.84. The van der Waals surface area contributed by atoms with Crippen molar-refractivity contribution in [1.29, 1.82) is 0 Å². The van der Waals surface area contributed by atoms with Crippen molar-refractivity contribution >= 4 is 22.7 Å². The normalized spacial score (nSPS) is 13.7. The zero-order valence-corrected chi connectivity index (χ0v) is 14.1. The fourth-order valence-electron chi connectivity index (χ4n) is 1.11. The van der Waals surface area contributed by atoms with Crippen LogP contribution in [0.4, 0.5) is 39.5 Å². The number of alkyl halides is 9. The molecule has 0 aliphatic carbocycles. The van der Waals surface area contributed by atoms with Gasteiger partial charge in [0.15, 0.2) is 15.0 Å². The number of benzene rings is 1. The summed E-state index contributed by atoms with van der Waals surface area (Å²) in [5.74, 6) is -13.9. The average Bonchev–Trinajstić information content (AvgIpc) is 2.46. The molecule has 0 aromatic heterocycles. The Morgan fingerprint density at radius 2 is 1.27 bits per heavy atom. The van der Waals surface area contributed by atoms with Crippen molar-refractivity contribution in [3.8, 4) is 5.75 Å². The highest BCUT2D eigenvalue weighted by Gasteiger charge is 2.83. The molecule has 0 spiro atoms. The highest BCUT2D eigenvalue weighted by Crippen LogP contribution is 2.54. The minimum Gasteiger partial charge on any atom is -0.743 e. The smallest absolute Gasteiger partial charge is 0.460 e. The van der Waals surface area contributed by atoms with E-state index >= 15 is 0 Å². The molecular weight excluding hydrogens is 431 g/mol. The second-order valence-corrected chi connectivity index (χ2v) is 6.34. The van der Waals surface area contributed by atoms with E-state index in [4.69, 9.17) is 4.74 Å². The standard InChI is InChI=1S/C7H8OS.C4HF9O3S/c1-8-6-2-4-7(9)5-3-6;5-1(6,3(9,10)11)2(7,8)4(12,13)17(14,15)16/h2-5,9H,1H3;(H,14,15,16). The van der Waals surface area contributed by atoms with Crippen molar-refractivity contribution in [2.75, 3.05) is 7.11 Å². The van der Waals surface area contributed by atoms with Crippen LogP contribution in [0.2, 0.25) is 0 Å². The lowest BCUT2D eigenvalue weighted by molar-refractivity contribution is -0.382. The van der Waals surface area contributed by atoms with Crippen molar-refractivity contribution in [1.82, 2.24) is 0 Å². The van der Waals surface area contributed by atoms with Crippen LogP contribution >= 0.6 is 0 Å². The van der Waals surface area contributed by atoms with E-state index in [2.05, 4.69) is 12.6 Å². The van der Waals surface area contributed by atoms with Crippen LogP contribution in [0.25, 0.3) is 0 Å². The van der Waals surface area contributed by atoms with Crippen LogP contribution in [0.15, 0.2) is 29.2 Å². The maximum Gasteiger partial charge on any atom is 0.460 e. The number of rotatable bonds is 4. The Morgan fingerprint density at radius 3 is 1.54 bits per heavy atom. The van der Waals surface area contributed by atoms with Crippen LogP contribution in [0.5, 0.6) is 5.75 Å². The second-order valence-electron chi connectivity index (χ2n) is 4.35. The summed E-state index contributed by atoms with van der Waals surface area (Å²) in [7, 11) is -5.76. The predicted molar refractivity (Wildman–Crippen MR) is 72.0 cm³/mol. The van der Waals surface area contributed by atoms with Crippen LogP contribution in [0.1, 0.15) is 0 Å². The molecule has 4 nitrogen and oxygen atoms in total. The molecule has 26 heavy (non-hydrogen) atoms. The summed E-state index contributed by atoms with van der Waals surface area (Å²) in [6.45, 7) is 0. The Balaban J connectivity index is 0.000000577. The minimum absolute atomic E-state index is 0.886. The molecule has 1 rings (SSSR count). The molecule has 0 radical (unpaired) electrons. The van der Waals surface area contributed by atoms with Gasteiger partial charge in [-0.25, -0.2) is 8.42 Å². The van der Waals surface area contributed by atoms with Gasteiger partial charge in [-0.15, -0.1) is 0 Å². The Hall–Kier alpha value is -1.35. The van der Waals surface area contributed by atoms with Crippen LogP contribution < -0.4 is 4.74 Å². The van der Waals surface area contributed by atoms with Gasteiger partial charge in [0.1, 0.15) is 5.75 Å². The van der Waals surface area contributed by atoms with E-state index in [9.17, 15) is 52.5 Å². The summed E-state index contributed by atoms with van der Waals surface area (Å²) in [4.78, 5) is 1.07. The third kappa shape index (κ3) is 4.88. The van der Waals surface area contributed by atoms with Gasteiger partial charge in [-0.3, -0.25) is 0 Å². The Kier molecular flexibility index (Phi) is 7.32. The lowest BCUT2D eigenvalue weighted by atomic mass is 10.1. The first-order chi connectivity index (χ1) is 11.3. The summed E-state index contributed by atoms with van der Waals surface area (Å²) in [5, 5.41) is -7.11. The molecule has 15 heteroatoms. The van der Waals surface area contributed by atoms with E-state index in [1.54, 1.807) is 7.11 Å². The molecule has 0 aliphatic rings. The van der Waals surface area contributed by atoms with Crippen LogP contribution in [-0.2, 0) is 22.7 Å². The van der Waals surface area contributed by atoms with Crippen molar-refractivity contribution in [2.24, 2.45) is 0 Å². The SMILES string of the molecule is COc1ccc([SH2+])cc1.O=S(=O)([O-])C(F)(F)C(F)(F)C(F)(F)C(F)(F)F. The zero-order chi connectivity index (χ0) is 21.2. The fourth-order valence-corrected chi connectivity index (χ4v) is 1.72. The molecular formula is C11H9F9O4S2. The molecule has 0 bridgehead atoms. The summed E-state index contributed by atoms with van der Waals surface area (Å²) in [5.41, 5.74) is 0. The summed E-state index contributed by atoms with van der Waals surface area (Å²) >= 11 is 3.37. The number of ether oxygens (including phenoxy) is 1. The molecule has 152 valence electrons. The lowest BCUT2D eigenvalue weighted by Gasteiger charge is -2.34. The fraction of sp³-hybridized carbons (Fsp3) is 0.455. The van der Waals surface area contributed by atoms with Crippen molar-refractivity contribution in [2.45, 2.75) is 28.2 Å². The molecule has 0 atom stereocenters. The van der Waals surface area contributed by atoms with Gasteiger partial charge in [-0.1, -0.05) is 0 Å². The van der Waals surface area contributed by atoms with Gasteiger partial charge < -0.3 is 9.29 Å². The lowest BCUT2D eigenvalue weighted by Crippen LogP contribution is -2.63. The maximum atomic E-state index is 12.2. The number of hydrogen-bond donors (Lipinski definition) is 0. The molecule has 0 amide bonds. The number of halogens is 9. The second kappa shape index (κ2) is 7.72. The van der Waals surface area contributed by atoms with Crippen LogP contribution in [0, 0.1) is 0 Å². The molecule has 0 N–H and O–H groups in total. The van der Waals surface area contributed by atoms with Crippen molar-refractivity contribution in [3.05, 3.63) is 24.3 Å². The zero-order valence-electron chi connectivity index (χ0n) is 12.3. The molecule has 0 unspecified atom stereocenters. The third-order valence-electron chi connectivity index (χ3n) is 2.52.